The molecule has 0 aromatic carbocycles. The van der Waals surface area contributed by atoms with Crippen LogP contribution < -0.4 is 10.1 Å². The Hall–Kier alpha value is -2.68. The Morgan fingerprint density at radius 1 is 1.40 bits per heavy atom. The number of pyridine rings is 1. The number of anilines is 1. The van der Waals surface area contributed by atoms with Crippen LogP contribution in [0, 0.1) is 0 Å². The first-order chi connectivity index (χ1) is 11.8. The van der Waals surface area contributed by atoms with E-state index in [-0.39, 0.29) is 6.61 Å². The van der Waals surface area contributed by atoms with E-state index in [9.17, 15) is 9.59 Å². The molecule has 0 saturated heterocycles. The first kappa shape index (κ1) is 18.7. The number of amides is 2. The molecule has 0 aliphatic rings. The first-order valence-corrected chi connectivity index (χ1v) is 8.50. The summed E-state index contributed by atoms with van der Waals surface area (Å²) in [4.78, 5) is 31.9. The van der Waals surface area contributed by atoms with Gasteiger partial charge >= 0.3 is 12.2 Å². The Kier molecular flexibility index (Phi) is 5.92. The van der Waals surface area contributed by atoms with E-state index in [0.29, 0.717) is 16.3 Å². The van der Waals surface area contributed by atoms with Gasteiger partial charge in [0.2, 0.25) is 4.80 Å². The van der Waals surface area contributed by atoms with Crippen LogP contribution in [-0.2, 0) is 9.47 Å². The van der Waals surface area contributed by atoms with Gasteiger partial charge in [0.05, 0.1) is 12.3 Å². The second-order valence-corrected chi connectivity index (χ2v) is 6.77. The molecule has 1 N–H and O–H groups in total. The molecule has 0 saturated carbocycles. The third-order valence-corrected chi connectivity index (χ3v) is 3.45. The van der Waals surface area contributed by atoms with Gasteiger partial charge in [0.25, 0.3) is 0 Å². The van der Waals surface area contributed by atoms with E-state index in [1.54, 1.807) is 62.2 Å². The molecule has 2 aromatic heterocycles. The normalized spacial score (nSPS) is 11.9. The minimum Gasteiger partial charge on any atom is -0.448 e. The van der Waals surface area contributed by atoms with Gasteiger partial charge in [0.15, 0.2) is 0 Å². The van der Waals surface area contributed by atoms with Crippen LogP contribution >= 0.6 is 11.3 Å². The fraction of sp³-hybridized carbons (Fsp3) is 0.375. The molecule has 9 heteroatoms. The van der Waals surface area contributed by atoms with E-state index in [1.165, 1.54) is 11.3 Å². The van der Waals surface area contributed by atoms with Crippen LogP contribution in [0.5, 0.6) is 0 Å². The number of carbonyl (C=O) groups is 2. The summed E-state index contributed by atoms with van der Waals surface area (Å²) in [6.07, 6.45) is 2.06. The van der Waals surface area contributed by atoms with Gasteiger partial charge in [-0.1, -0.05) is 0 Å². The number of hydrogen-bond acceptors (Lipinski definition) is 6. The summed E-state index contributed by atoms with van der Waals surface area (Å²) in [5.74, 6) is 0.326. The van der Waals surface area contributed by atoms with E-state index in [4.69, 9.17) is 9.47 Å². The fourth-order valence-electron chi connectivity index (χ4n) is 1.83. The highest BCUT2D eigenvalue weighted by Crippen LogP contribution is 2.13. The Balaban J connectivity index is 2.24. The van der Waals surface area contributed by atoms with Crippen molar-refractivity contribution in [1.82, 2.24) is 9.55 Å². The van der Waals surface area contributed by atoms with Crippen molar-refractivity contribution in [3.05, 3.63) is 34.7 Å². The highest BCUT2D eigenvalue weighted by molar-refractivity contribution is 7.07. The van der Waals surface area contributed by atoms with Gasteiger partial charge in [0.1, 0.15) is 11.4 Å². The van der Waals surface area contributed by atoms with Gasteiger partial charge in [-0.15, -0.1) is 16.3 Å². The number of nitrogens with one attached hydrogen (secondary N) is 1. The molecule has 25 heavy (non-hydrogen) atoms. The molecular weight excluding hydrogens is 344 g/mol. The lowest BCUT2D eigenvalue weighted by Crippen LogP contribution is -2.27. The third-order valence-electron chi connectivity index (χ3n) is 2.69. The average molecular weight is 364 g/mol. The molecule has 0 aliphatic carbocycles. The monoisotopic (exact) mass is 364 g/mol. The molecule has 134 valence electrons. The van der Waals surface area contributed by atoms with Crippen molar-refractivity contribution in [3.8, 4) is 5.69 Å². The lowest BCUT2D eigenvalue weighted by Gasteiger charge is -2.19. The Bertz CT molecular complexity index is 820. The minimum absolute atomic E-state index is 0.257. The predicted molar refractivity (Wildman–Crippen MR) is 93.9 cm³/mol. The molecule has 2 rings (SSSR count). The molecule has 0 bridgehead atoms. The van der Waals surface area contributed by atoms with Crippen molar-refractivity contribution in [2.45, 2.75) is 33.3 Å². The van der Waals surface area contributed by atoms with E-state index in [2.05, 4.69) is 15.3 Å². The fourth-order valence-corrected chi connectivity index (χ4v) is 2.54. The maximum absolute atomic E-state index is 11.9. The van der Waals surface area contributed by atoms with Crippen LogP contribution in [0.25, 0.3) is 5.69 Å². The van der Waals surface area contributed by atoms with Gasteiger partial charge in [-0.3, -0.25) is 9.88 Å². The summed E-state index contributed by atoms with van der Waals surface area (Å²) in [5, 5.41) is 4.37. The van der Waals surface area contributed by atoms with Gasteiger partial charge < -0.3 is 9.47 Å². The third kappa shape index (κ3) is 5.71. The molecule has 0 fully saturated rings. The Morgan fingerprint density at radius 2 is 2.16 bits per heavy atom. The highest BCUT2D eigenvalue weighted by atomic mass is 32.1. The van der Waals surface area contributed by atoms with Gasteiger partial charge in [-0.25, -0.2) is 14.6 Å². The molecule has 0 radical (unpaired) electrons. The lowest BCUT2D eigenvalue weighted by atomic mass is 10.2. The Labute approximate surface area is 149 Å². The zero-order chi connectivity index (χ0) is 18.4. The van der Waals surface area contributed by atoms with Gasteiger partial charge in [0, 0.05) is 23.8 Å². The van der Waals surface area contributed by atoms with Crippen LogP contribution in [0.2, 0.25) is 0 Å². The van der Waals surface area contributed by atoms with Crippen LogP contribution in [0.15, 0.2) is 34.9 Å². The van der Waals surface area contributed by atoms with Crippen molar-refractivity contribution in [3.63, 3.8) is 0 Å². The van der Waals surface area contributed by atoms with Crippen LogP contribution in [0.3, 0.4) is 0 Å². The first-order valence-electron chi connectivity index (χ1n) is 7.62. The number of hydrogen-bond donors (Lipinski definition) is 1. The zero-order valence-corrected chi connectivity index (χ0v) is 15.3. The smallest absolute Gasteiger partial charge is 0.436 e. The van der Waals surface area contributed by atoms with Crippen molar-refractivity contribution < 1.29 is 19.1 Å². The van der Waals surface area contributed by atoms with E-state index in [0.717, 1.165) is 0 Å². The molecular formula is C16H20N4O4S. The van der Waals surface area contributed by atoms with Crippen molar-refractivity contribution in [2.24, 2.45) is 4.99 Å². The summed E-state index contributed by atoms with van der Waals surface area (Å²) >= 11 is 1.29. The molecule has 2 amide bonds. The number of ether oxygens (including phenoxy) is 2. The zero-order valence-electron chi connectivity index (χ0n) is 14.5. The Morgan fingerprint density at radius 3 is 2.84 bits per heavy atom. The van der Waals surface area contributed by atoms with E-state index < -0.39 is 17.8 Å². The molecule has 8 nitrogen and oxygen atoms in total. The molecule has 0 aliphatic heterocycles. The van der Waals surface area contributed by atoms with Crippen molar-refractivity contribution in [2.75, 3.05) is 11.9 Å². The summed E-state index contributed by atoms with van der Waals surface area (Å²) < 4.78 is 11.7. The number of carbonyl (C=O) groups excluding carboxylic acids is 2. The average Bonchev–Trinajstić information content (AvgIpc) is 2.93. The van der Waals surface area contributed by atoms with Gasteiger partial charge in [-0.05, 0) is 33.8 Å². The molecule has 2 aromatic rings. The van der Waals surface area contributed by atoms with E-state index >= 15 is 0 Å². The molecule has 0 unspecified atom stereocenters. The SMILES string of the molecule is CCOC(=O)N=c1sccn1-c1ccnc(NC(=O)OC(C)(C)C)c1. The second kappa shape index (κ2) is 7.93. The summed E-state index contributed by atoms with van der Waals surface area (Å²) in [6, 6.07) is 3.39. The van der Waals surface area contributed by atoms with E-state index in [1.807, 2.05) is 0 Å². The lowest BCUT2D eigenvalue weighted by molar-refractivity contribution is 0.0635. The summed E-state index contributed by atoms with van der Waals surface area (Å²) in [7, 11) is 0. The maximum atomic E-state index is 11.9. The molecule has 0 spiro atoms. The van der Waals surface area contributed by atoms with Gasteiger partial charge in [-0.2, -0.15) is 0 Å². The highest BCUT2D eigenvalue weighted by Gasteiger charge is 2.16. The number of rotatable bonds is 3. The number of aromatic nitrogens is 2. The van der Waals surface area contributed by atoms with Crippen molar-refractivity contribution in [1.29, 1.82) is 0 Å². The summed E-state index contributed by atoms with van der Waals surface area (Å²) in [5.41, 5.74) is 0.0838. The largest absolute Gasteiger partial charge is 0.448 e. The standard InChI is InChI=1S/C16H20N4O4S/c1-5-23-14(21)19-13-20(8-9-25-13)11-6-7-17-12(10-11)18-15(22)24-16(2,3)4/h6-10H,5H2,1-4H3,(H,17,18,22). The molecule has 0 atom stereocenters. The van der Waals surface area contributed by atoms with Crippen LogP contribution in [0.4, 0.5) is 15.4 Å². The summed E-state index contributed by atoms with van der Waals surface area (Å²) in [6.45, 7) is 7.31. The van der Waals surface area contributed by atoms with Crippen LogP contribution in [0.1, 0.15) is 27.7 Å². The minimum atomic E-state index is -0.653. The van der Waals surface area contributed by atoms with Crippen LogP contribution in [-0.4, -0.2) is 33.9 Å². The quantitative estimate of drug-likeness (QED) is 0.901. The number of thiazole rings is 1. The predicted octanol–water partition coefficient (Wildman–Crippen LogP) is 3.34. The van der Waals surface area contributed by atoms with Crippen molar-refractivity contribution >= 4 is 29.3 Å². The number of nitrogens with zero attached hydrogens (tertiary/aromatic N) is 3. The topological polar surface area (TPSA) is 94.8 Å². The maximum Gasteiger partial charge on any atom is 0.436 e. The molecule has 2 heterocycles. The second-order valence-electron chi connectivity index (χ2n) is 5.89.